The molecule has 1 fully saturated rings. The van der Waals surface area contributed by atoms with E-state index in [2.05, 4.69) is 0 Å². The predicted molar refractivity (Wildman–Crippen MR) is 44.2 cm³/mol. The van der Waals surface area contributed by atoms with Gasteiger partial charge in [0.15, 0.2) is 0 Å². The van der Waals surface area contributed by atoms with Gasteiger partial charge in [-0.1, -0.05) is 0 Å². The van der Waals surface area contributed by atoms with Gasteiger partial charge in [-0.2, -0.15) is 0 Å². The van der Waals surface area contributed by atoms with Crippen molar-refractivity contribution in [1.82, 2.24) is 4.90 Å². The number of aliphatic carboxylic acids is 2. The second-order valence-electron chi connectivity index (χ2n) is 2.87. The van der Waals surface area contributed by atoms with Crippen LogP contribution in [0.25, 0.3) is 0 Å². The Morgan fingerprint density at radius 2 is 1.69 bits per heavy atom. The Hall–Kier alpha value is -1.52. The van der Waals surface area contributed by atoms with Crippen molar-refractivity contribution in [2.24, 2.45) is 0 Å². The number of carboxylic acid groups (broad SMARTS) is 2. The van der Waals surface area contributed by atoms with Gasteiger partial charge in [0.1, 0.15) is 5.70 Å². The minimum atomic E-state index is -1.22. The Kier molecular flexibility index (Phi) is 2.89. The molecule has 1 heterocycles. The average Bonchev–Trinajstić information content (AvgIpc) is 2.50. The smallest absolute Gasteiger partial charge is 0.352 e. The molecule has 2 N–H and O–H groups in total. The van der Waals surface area contributed by atoms with Crippen LogP contribution >= 0.6 is 0 Å². The van der Waals surface area contributed by atoms with E-state index in [9.17, 15) is 9.59 Å². The van der Waals surface area contributed by atoms with Crippen LogP contribution in [0, 0.1) is 0 Å². The number of hydrogen-bond donors (Lipinski definition) is 2. The van der Waals surface area contributed by atoms with Gasteiger partial charge < -0.3 is 15.1 Å². The lowest BCUT2D eigenvalue weighted by Crippen LogP contribution is -2.25. The van der Waals surface area contributed by atoms with E-state index in [0.29, 0.717) is 13.1 Å². The highest BCUT2D eigenvalue weighted by Crippen LogP contribution is 2.14. The van der Waals surface area contributed by atoms with Crippen LogP contribution in [-0.2, 0) is 9.59 Å². The van der Waals surface area contributed by atoms with Gasteiger partial charge in [-0.3, -0.25) is 0 Å². The molecular formula is C8H11NO4. The third-order valence-corrected chi connectivity index (χ3v) is 1.93. The second kappa shape index (κ2) is 3.93. The minimum Gasteiger partial charge on any atom is -0.478 e. The van der Waals surface area contributed by atoms with Crippen molar-refractivity contribution in [3.05, 3.63) is 11.8 Å². The molecule has 0 aromatic rings. The summed E-state index contributed by atoms with van der Waals surface area (Å²) in [7, 11) is 0. The number of likely N-dealkylation sites (tertiary alicyclic amines) is 1. The first-order chi connectivity index (χ1) is 6.11. The first kappa shape index (κ1) is 9.57. The van der Waals surface area contributed by atoms with E-state index in [1.807, 2.05) is 0 Å². The Morgan fingerprint density at radius 3 is 2.08 bits per heavy atom. The van der Waals surface area contributed by atoms with Crippen LogP contribution < -0.4 is 0 Å². The summed E-state index contributed by atoms with van der Waals surface area (Å²) in [5, 5.41) is 17.1. The molecule has 5 heteroatoms. The fourth-order valence-corrected chi connectivity index (χ4v) is 1.36. The van der Waals surface area contributed by atoms with Crippen LogP contribution in [0.2, 0.25) is 0 Å². The summed E-state index contributed by atoms with van der Waals surface area (Å²) >= 11 is 0. The highest BCUT2D eigenvalue weighted by atomic mass is 16.4. The van der Waals surface area contributed by atoms with E-state index in [-0.39, 0.29) is 5.70 Å². The summed E-state index contributed by atoms with van der Waals surface area (Å²) < 4.78 is 0. The van der Waals surface area contributed by atoms with Crippen LogP contribution in [0.4, 0.5) is 0 Å². The standard InChI is InChI=1S/C8H11NO4/c10-7(11)5-6(8(12)13)9-3-1-2-4-9/h5H,1-4H2,(H,10,11)(H,12,13). The van der Waals surface area contributed by atoms with Crippen molar-refractivity contribution in [3.63, 3.8) is 0 Å². The highest BCUT2D eigenvalue weighted by Gasteiger charge is 2.20. The lowest BCUT2D eigenvalue weighted by atomic mass is 10.3. The molecule has 0 amide bonds. The molecule has 0 saturated carbocycles. The fourth-order valence-electron chi connectivity index (χ4n) is 1.36. The van der Waals surface area contributed by atoms with Gasteiger partial charge in [-0.25, -0.2) is 9.59 Å². The molecule has 0 aromatic heterocycles. The molecule has 72 valence electrons. The summed E-state index contributed by atoms with van der Waals surface area (Å²) in [6.07, 6.45) is 2.59. The summed E-state index contributed by atoms with van der Waals surface area (Å²) in [6.45, 7) is 1.26. The first-order valence-corrected chi connectivity index (χ1v) is 4.04. The molecule has 0 unspecified atom stereocenters. The third kappa shape index (κ3) is 2.47. The quantitative estimate of drug-likeness (QED) is 0.611. The molecule has 5 nitrogen and oxygen atoms in total. The largest absolute Gasteiger partial charge is 0.478 e. The molecule has 0 atom stereocenters. The maximum absolute atomic E-state index is 10.6. The van der Waals surface area contributed by atoms with Gasteiger partial charge in [-0.05, 0) is 12.8 Å². The lowest BCUT2D eigenvalue weighted by molar-refractivity contribution is -0.136. The van der Waals surface area contributed by atoms with Gasteiger partial charge in [0.2, 0.25) is 0 Å². The van der Waals surface area contributed by atoms with Crippen molar-refractivity contribution in [2.45, 2.75) is 12.8 Å². The van der Waals surface area contributed by atoms with Crippen molar-refractivity contribution in [3.8, 4) is 0 Å². The van der Waals surface area contributed by atoms with E-state index >= 15 is 0 Å². The number of carboxylic acids is 2. The molecule has 1 rings (SSSR count). The van der Waals surface area contributed by atoms with Crippen molar-refractivity contribution < 1.29 is 19.8 Å². The summed E-state index contributed by atoms with van der Waals surface area (Å²) in [4.78, 5) is 22.5. The van der Waals surface area contributed by atoms with Gasteiger partial charge in [0.05, 0.1) is 6.08 Å². The molecule has 1 aliphatic heterocycles. The normalized spacial score (nSPS) is 17.5. The van der Waals surface area contributed by atoms with E-state index in [1.54, 1.807) is 4.90 Å². The minimum absolute atomic E-state index is 0.120. The lowest BCUT2D eigenvalue weighted by Gasteiger charge is -2.16. The number of rotatable bonds is 3. The van der Waals surface area contributed by atoms with Crippen molar-refractivity contribution in [2.75, 3.05) is 13.1 Å². The average molecular weight is 185 g/mol. The maximum atomic E-state index is 10.6. The zero-order valence-corrected chi connectivity index (χ0v) is 7.06. The van der Waals surface area contributed by atoms with Crippen LogP contribution in [0.15, 0.2) is 11.8 Å². The number of carbonyl (C=O) groups is 2. The summed E-state index contributed by atoms with van der Waals surface area (Å²) in [6, 6.07) is 0. The molecule has 13 heavy (non-hydrogen) atoms. The molecule has 0 spiro atoms. The van der Waals surface area contributed by atoms with Gasteiger partial charge in [0, 0.05) is 13.1 Å². The molecule has 0 aliphatic carbocycles. The zero-order chi connectivity index (χ0) is 9.84. The Bertz CT molecular complexity index is 253. The number of nitrogens with zero attached hydrogens (tertiary/aromatic N) is 1. The molecule has 1 saturated heterocycles. The van der Waals surface area contributed by atoms with Crippen LogP contribution in [0.1, 0.15) is 12.8 Å². The van der Waals surface area contributed by atoms with Crippen molar-refractivity contribution >= 4 is 11.9 Å². The topological polar surface area (TPSA) is 77.8 Å². The van der Waals surface area contributed by atoms with Crippen LogP contribution in [0.3, 0.4) is 0 Å². The summed E-state index contributed by atoms with van der Waals surface area (Å²) in [5.74, 6) is -2.39. The fraction of sp³-hybridized carbons (Fsp3) is 0.500. The van der Waals surface area contributed by atoms with Crippen LogP contribution in [0.5, 0.6) is 0 Å². The second-order valence-corrected chi connectivity index (χ2v) is 2.87. The molecule has 1 aliphatic rings. The Labute approximate surface area is 75.3 Å². The maximum Gasteiger partial charge on any atom is 0.352 e. The highest BCUT2D eigenvalue weighted by molar-refractivity contribution is 5.94. The molecule has 0 bridgehead atoms. The van der Waals surface area contributed by atoms with E-state index < -0.39 is 11.9 Å². The summed E-state index contributed by atoms with van der Waals surface area (Å²) in [5.41, 5.74) is -0.120. The predicted octanol–water partition coefficient (Wildman–Crippen LogP) is 0.135. The van der Waals surface area contributed by atoms with E-state index in [4.69, 9.17) is 10.2 Å². The number of hydrogen-bond acceptors (Lipinski definition) is 3. The Balaban J connectivity index is 2.78. The van der Waals surface area contributed by atoms with E-state index in [1.165, 1.54) is 0 Å². The SMILES string of the molecule is O=C(O)C=C(C(=O)O)N1CCCC1. The monoisotopic (exact) mass is 185 g/mol. The third-order valence-electron chi connectivity index (χ3n) is 1.93. The van der Waals surface area contributed by atoms with E-state index in [0.717, 1.165) is 18.9 Å². The molecule has 0 radical (unpaired) electrons. The Morgan fingerprint density at radius 1 is 1.15 bits per heavy atom. The van der Waals surface area contributed by atoms with Gasteiger partial charge in [0.25, 0.3) is 0 Å². The molecule has 0 aromatic carbocycles. The first-order valence-electron chi connectivity index (χ1n) is 4.04. The molecular weight excluding hydrogens is 174 g/mol. The van der Waals surface area contributed by atoms with Gasteiger partial charge in [-0.15, -0.1) is 0 Å². The van der Waals surface area contributed by atoms with Crippen molar-refractivity contribution in [1.29, 1.82) is 0 Å². The van der Waals surface area contributed by atoms with Crippen LogP contribution in [-0.4, -0.2) is 40.1 Å². The zero-order valence-electron chi connectivity index (χ0n) is 7.06. The van der Waals surface area contributed by atoms with Gasteiger partial charge >= 0.3 is 11.9 Å².